The zero-order chi connectivity index (χ0) is 12.3. The van der Waals surface area contributed by atoms with Gasteiger partial charge in [0.1, 0.15) is 0 Å². The molecule has 0 amide bonds. The van der Waals surface area contributed by atoms with E-state index in [9.17, 15) is 0 Å². The van der Waals surface area contributed by atoms with Crippen molar-refractivity contribution in [3.05, 3.63) is 47.0 Å². The highest BCUT2D eigenvalue weighted by atomic mass is 14.9. The van der Waals surface area contributed by atoms with Crippen LogP contribution in [0.4, 0.5) is 5.69 Å². The largest absolute Gasteiger partial charge is 0.379 e. The molecule has 0 saturated carbocycles. The maximum atomic E-state index is 4.27. The van der Waals surface area contributed by atoms with Crippen LogP contribution in [0.5, 0.6) is 0 Å². The first kappa shape index (κ1) is 11.7. The summed E-state index contributed by atoms with van der Waals surface area (Å²) in [5.41, 5.74) is 6.10. The standard InChI is InChI=1S/C14H19N3/c1-4-12-5-6-13(7-10(12)2)15-8-14-11(3)16-9-17-14/h5-7,9,15H,4,8H2,1-3H3,(H,16,17). The van der Waals surface area contributed by atoms with Gasteiger partial charge in [-0.2, -0.15) is 0 Å². The molecule has 0 aliphatic carbocycles. The molecule has 0 spiro atoms. The van der Waals surface area contributed by atoms with Gasteiger partial charge in [-0.05, 0) is 43.5 Å². The van der Waals surface area contributed by atoms with Gasteiger partial charge in [-0.3, -0.25) is 0 Å². The second-order valence-electron chi connectivity index (χ2n) is 4.32. The van der Waals surface area contributed by atoms with Gasteiger partial charge in [-0.15, -0.1) is 0 Å². The number of nitrogens with one attached hydrogen (secondary N) is 2. The summed E-state index contributed by atoms with van der Waals surface area (Å²) in [4.78, 5) is 7.35. The minimum absolute atomic E-state index is 0.764. The van der Waals surface area contributed by atoms with Gasteiger partial charge in [0.15, 0.2) is 0 Å². The first-order chi connectivity index (χ1) is 8.20. The van der Waals surface area contributed by atoms with Gasteiger partial charge in [0.25, 0.3) is 0 Å². The highest BCUT2D eigenvalue weighted by Gasteiger charge is 2.02. The topological polar surface area (TPSA) is 40.7 Å². The van der Waals surface area contributed by atoms with Crippen LogP contribution in [0.15, 0.2) is 24.5 Å². The van der Waals surface area contributed by atoms with Gasteiger partial charge < -0.3 is 10.3 Å². The number of nitrogens with zero attached hydrogens (tertiary/aromatic N) is 1. The van der Waals surface area contributed by atoms with Gasteiger partial charge >= 0.3 is 0 Å². The zero-order valence-electron chi connectivity index (χ0n) is 10.7. The van der Waals surface area contributed by atoms with Gasteiger partial charge in [0.05, 0.1) is 18.6 Å². The molecule has 0 aliphatic rings. The fraction of sp³-hybridized carbons (Fsp3) is 0.357. The third kappa shape index (κ3) is 2.67. The lowest BCUT2D eigenvalue weighted by molar-refractivity contribution is 1.04. The molecular weight excluding hydrogens is 210 g/mol. The van der Waals surface area contributed by atoms with E-state index in [0.29, 0.717) is 0 Å². The van der Waals surface area contributed by atoms with Crippen LogP contribution >= 0.6 is 0 Å². The van der Waals surface area contributed by atoms with Crippen LogP contribution in [0, 0.1) is 13.8 Å². The average Bonchev–Trinajstić information content (AvgIpc) is 2.72. The molecular formula is C14H19N3. The summed E-state index contributed by atoms with van der Waals surface area (Å²) in [6.07, 6.45) is 2.82. The van der Waals surface area contributed by atoms with Crippen molar-refractivity contribution >= 4 is 5.69 Å². The van der Waals surface area contributed by atoms with Crippen LogP contribution in [-0.2, 0) is 13.0 Å². The number of hydrogen-bond donors (Lipinski definition) is 2. The quantitative estimate of drug-likeness (QED) is 0.845. The van der Waals surface area contributed by atoms with Crippen LogP contribution in [0.3, 0.4) is 0 Å². The lowest BCUT2D eigenvalue weighted by Crippen LogP contribution is -2.02. The second-order valence-corrected chi connectivity index (χ2v) is 4.32. The molecule has 0 saturated heterocycles. The molecule has 0 radical (unpaired) electrons. The third-order valence-corrected chi connectivity index (χ3v) is 3.12. The number of rotatable bonds is 4. The minimum Gasteiger partial charge on any atom is -0.379 e. The van der Waals surface area contributed by atoms with Crippen LogP contribution in [0.1, 0.15) is 29.4 Å². The van der Waals surface area contributed by atoms with Crippen LogP contribution in [0.25, 0.3) is 0 Å². The number of hydrogen-bond acceptors (Lipinski definition) is 2. The Kier molecular flexibility index (Phi) is 3.47. The highest BCUT2D eigenvalue weighted by molar-refractivity contribution is 5.48. The predicted octanol–water partition coefficient (Wildman–Crippen LogP) is 3.20. The molecule has 1 aromatic heterocycles. The molecule has 0 atom stereocenters. The summed E-state index contributed by atoms with van der Waals surface area (Å²) in [5.74, 6) is 0. The first-order valence-electron chi connectivity index (χ1n) is 6.03. The SMILES string of the molecule is CCc1ccc(NCc2nc[nH]c2C)cc1C. The third-order valence-electron chi connectivity index (χ3n) is 3.12. The summed E-state index contributed by atoms with van der Waals surface area (Å²) in [6.45, 7) is 7.14. The number of imidazole rings is 1. The molecule has 0 aliphatic heterocycles. The smallest absolute Gasteiger partial charge is 0.0925 e. The monoisotopic (exact) mass is 229 g/mol. The molecule has 2 N–H and O–H groups in total. The van der Waals surface area contributed by atoms with E-state index < -0.39 is 0 Å². The van der Waals surface area contributed by atoms with Crippen LogP contribution < -0.4 is 5.32 Å². The van der Waals surface area contributed by atoms with Crippen molar-refractivity contribution < 1.29 is 0 Å². The van der Waals surface area contributed by atoms with Crippen molar-refractivity contribution in [2.24, 2.45) is 0 Å². The predicted molar refractivity (Wildman–Crippen MR) is 71.2 cm³/mol. The van der Waals surface area contributed by atoms with E-state index in [1.54, 1.807) is 6.33 Å². The lowest BCUT2D eigenvalue weighted by Gasteiger charge is -2.09. The Morgan fingerprint density at radius 2 is 2.12 bits per heavy atom. The number of aryl methyl sites for hydroxylation is 3. The highest BCUT2D eigenvalue weighted by Crippen LogP contribution is 2.16. The van der Waals surface area contributed by atoms with Gasteiger partial charge in [0, 0.05) is 11.4 Å². The van der Waals surface area contributed by atoms with E-state index in [1.165, 1.54) is 11.1 Å². The zero-order valence-corrected chi connectivity index (χ0v) is 10.7. The van der Waals surface area contributed by atoms with Crippen molar-refractivity contribution in [3.8, 4) is 0 Å². The van der Waals surface area contributed by atoms with Crippen molar-refractivity contribution in [2.75, 3.05) is 5.32 Å². The molecule has 0 fully saturated rings. The van der Waals surface area contributed by atoms with Gasteiger partial charge in [0.2, 0.25) is 0 Å². The summed E-state index contributed by atoms with van der Waals surface area (Å²) in [6, 6.07) is 6.52. The summed E-state index contributed by atoms with van der Waals surface area (Å²) in [5, 5.41) is 3.40. The normalized spacial score (nSPS) is 10.5. The van der Waals surface area contributed by atoms with E-state index in [-0.39, 0.29) is 0 Å². The number of aromatic amines is 1. The Morgan fingerprint density at radius 1 is 1.29 bits per heavy atom. The summed E-state index contributed by atoms with van der Waals surface area (Å²) < 4.78 is 0. The maximum Gasteiger partial charge on any atom is 0.0925 e. The Labute approximate surface area is 102 Å². The lowest BCUT2D eigenvalue weighted by atomic mass is 10.1. The van der Waals surface area contributed by atoms with Gasteiger partial charge in [-0.1, -0.05) is 13.0 Å². The molecule has 3 heteroatoms. The van der Waals surface area contributed by atoms with E-state index >= 15 is 0 Å². The summed E-state index contributed by atoms with van der Waals surface area (Å²) >= 11 is 0. The van der Waals surface area contributed by atoms with Crippen molar-refractivity contribution in [1.82, 2.24) is 9.97 Å². The average molecular weight is 229 g/mol. The molecule has 3 nitrogen and oxygen atoms in total. The Bertz CT molecular complexity index is 500. The number of benzene rings is 1. The van der Waals surface area contributed by atoms with Crippen LogP contribution in [0.2, 0.25) is 0 Å². The minimum atomic E-state index is 0.764. The fourth-order valence-corrected chi connectivity index (χ4v) is 1.95. The second kappa shape index (κ2) is 5.04. The Morgan fingerprint density at radius 3 is 2.71 bits per heavy atom. The molecule has 2 aromatic rings. The van der Waals surface area contributed by atoms with Crippen molar-refractivity contribution in [3.63, 3.8) is 0 Å². The molecule has 0 bridgehead atoms. The number of aromatic nitrogens is 2. The molecule has 17 heavy (non-hydrogen) atoms. The Hall–Kier alpha value is -1.77. The molecule has 90 valence electrons. The number of anilines is 1. The molecule has 1 aromatic carbocycles. The first-order valence-corrected chi connectivity index (χ1v) is 6.03. The Balaban J connectivity index is 2.05. The molecule has 0 unspecified atom stereocenters. The van der Waals surface area contributed by atoms with Crippen molar-refractivity contribution in [1.29, 1.82) is 0 Å². The summed E-state index contributed by atoms with van der Waals surface area (Å²) in [7, 11) is 0. The fourth-order valence-electron chi connectivity index (χ4n) is 1.95. The maximum absolute atomic E-state index is 4.27. The van der Waals surface area contributed by atoms with E-state index in [0.717, 1.165) is 30.0 Å². The number of H-pyrrole nitrogens is 1. The van der Waals surface area contributed by atoms with Gasteiger partial charge in [-0.25, -0.2) is 4.98 Å². The molecule has 1 heterocycles. The van der Waals surface area contributed by atoms with E-state index in [4.69, 9.17) is 0 Å². The van der Waals surface area contributed by atoms with Crippen molar-refractivity contribution in [2.45, 2.75) is 33.7 Å². The van der Waals surface area contributed by atoms with E-state index in [2.05, 4.69) is 47.3 Å². The van der Waals surface area contributed by atoms with Crippen LogP contribution in [-0.4, -0.2) is 9.97 Å². The van der Waals surface area contributed by atoms with E-state index in [1.807, 2.05) is 6.92 Å². The molecule has 2 rings (SSSR count).